The first kappa shape index (κ1) is 15.2. The monoisotopic (exact) mass is 302 g/mol. The van der Waals surface area contributed by atoms with Crippen LogP contribution in [0, 0.1) is 10.1 Å². The van der Waals surface area contributed by atoms with Crippen LogP contribution in [0.25, 0.3) is 0 Å². The smallest absolute Gasteiger partial charge is 0.304 e. The molecule has 2 N–H and O–H groups in total. The van der Waals surface area contributed by atoms with Gasteiger partial charge in [0.15, 0.2) is 5.00 Å². The zero-order chi connectivity index (χ0) is 14.9. The van der Waals surface area contributed by atoms with E-state index in [1.165, 1.54) is 17.4 Å². The van der Waals surface area contributed by atoms with Crippen LogP contribution in [-0.4, -0.2) is 47.0 Å². The summed E-state index contributed by atoms with van der Waals surface area (Å²) in [4.78, 5) is 13.1. The molecule has 2 rings (SSSR count). The van der Waals surface area contributed by atoms with Gasteiger partial charge in [0.1, 0.15) is 0 Å². The maximum Gasteiger partial charge on any atom is 0.304 e. The standard InChI is InChI=1S/C12H18N2O5S/c1-7-4-13(5-9(6-15)19-7)12-10(14(17)18)3-11(20-12)8(2)16/h3,7-9,15-16H,4-6H2,1-2H3/t7?,8-,9?/m1/s1. The Morgan fingerprint density at radius 3 is 2.90 bits per heavy atom. The first-order chi connectivity index (χ1) is 9.42. The van der Waals surface area contributed by atoms with Gasteiger partial charge < -0.3 is 19.8 Å². The molecule has 0 saturated carbocycles. The van der Waals surface area contributed by atoms with E-state index in [0.29, 0.717) is 23.0 Å². The highest BCUT2D eigenvalue weighted by molar-refractivity contribution is 7.16. The average Bonchev–Trinajstić information content (AvgIpc) is 2.83. The Kier molecular flexibility index (Phi) is 4.59. The van der Waals surface area contributed by atoms with Gasteiger partial charge in [0.2, 0.25) is 0 Å². The topological polar surface area (TPSA) is 96.1 Å². The summed E-state index contributed by atoms with van der Waals surface area (Å²) in [6.45, 7) is 4.25. The van der Waals surface area contributed by atoms with Crippen molar-refractivity contribution in [2.24, 2.45) is 0 Å². The molecule has 0 amide bonds. The van der Waals surface area contributed by atoms with E-state index in [1.807, 2.05) is 11.8 Å². The molecule has 8 heteroatoms. The number of rotatable bonds is 4. The average molecular weight is 302 g/mol. The normalized spacial score (nSPS) is 24.7. The number of aliphatic hydroxyl groups is 2. The molecule has 1 fully saturated rings. The van der Waals surface area contributed by atoms with E-state index < -0.39 is 11.0 Å². The Morgan fingerprint density at radius 1 is 1.65 bits per heavy atom. The summed E-state index contributed by atoms with van der Waals surface area (Å²) in [5, 5.41) is 30.5. The van der Waals surface area contributed by atoms with Crippen LogP contribution in [0.1, 0.15) is 24.8 Å². The van der Waals surface area contributed by atoms with Gasteiger partial charge in [0, 0.05) is 24.0 Å². The molecule has 0 aliphatic carbocycles. The summed E-state index contributed by atoms with van der Waals surface area (Å²) in [5.74, 6) is 0. The van der Waals surface area contributed by atoms with Crippen molar-refractivity contribution in [3.8, 4) is 0 Å². The molecule has 1 saturated heterocycles. The van der Waals surface area contributed by atoms with Crippen LogP contribution in [-0.2, 0) is 4.74 Å². The van der Waals surface area contributed by atoms with Gasteiger partial charge in [0.05, 0.1) is 29.8 Å². The first-order valence-corrected chi connectivity index (χ1v) is 7.21. The Balaban J connectivity index is 2.32. The van der Waals surface area contributed by atoms with Gasteiger partial charge in [0.25, 0.3) is 0 Å². The summed E-state index contributed by atoms with van der Waals surface area (Å²) in [5.41, 5.74) is -0.00307. The zero-order valence-electron chi connectivity index (χ0n) is 11.4. The van der Waals surface area contributed by atoms with E-state index in [1.54, 1.807) is 6.92 Å². The third-order valence-electron chi connectivity index (χ3n) is 3.14. The fourth-order valence-electron chi connectivity index (χ4n) is 2.26. The number of anilines is 1. The summed E-state index contributed by atoms with van der Waals surface area (Å²) < 4.78 is 5.54. The minimum Gasteiger partial charge on any atom is -0.394 e. The molecule has 0 radical (unpaired) electrons. The van der Waals surface area contributed by atoms with Gasteiger partial charge in [-0.3, -0.25) is 10.1 Å². The molecular formula is C12H18N2O5S. The van der Waals surface area contributed by atoms with Crippen molar-refractivity contribution < 1.29 is 19.9 Å². The highest BCUT2D eigenvalue weighted by Gasteiger charge is 2.31. The van der Waals surface area contributed by atoms with E-state index in [4.69, 9.17) is 4.74 Å². The largest absolute Gasteiger partial charge is 0.394 e. The van der Waals surface area contributed by atoms with E-state index in [9.17, 15) is 20.3 Å². The fourth-order valence-corrected chi connectivity index (χ4v) is 3.35. The summed E-state index contributed by atoms with van der Waals surface area (Å²) >= 11 is 1.21. The van der Waals surface area contributed by atoms with Crippen LogP contribution in [0.4, 0.5) is 10.7 Å². The molecule has 1 aromatic heterocycles. The molecule has 112 valence electrons. The number of ether oxygens (including phenoxy) is 1. The van der Waals surface area contributed by atoms with Gasteiger partial charge in [-0.15, -0.1) is 11.3 Å². The molecule has 20 heavy (non-hydrogen) atoms. The van der Waals surface area contributed by atoms with E-state index in [0.717, 1.165) is 0 Å². The van der Waals surface area contributed by atoms with Gasteiger partial charge in [-0.05, 0) is 13.8 Å². The van der Waals surface area contributed by atoms with Crippen molar-refractivity contribution in [1.29, 1.82) is 0 Å². The van der Waals surface area contributed by atoms with Crippen molar-refractivity contribution in [2.45, 2.75) is 32.2 Å². The molecule has 1 aliphatic rings. The zero-order valence-corrected chi connectivity index (χ0v) is 12.2. The maximum atomic E-state index is 11.2. The Morgan fingerprint density at radius 2 is 2.35 bits per heavy atom. The molecule has 3 atom stereocenters. The molecular weight excluding hydrogens is 284 g/mol. The quantitative estimate of drug-likeness (QED) is 0.643. The molecule has 7 nitrogen and oxygen atoms in total. The van der Waals surface area contributed by atoms with E-state index >= 15 is 0 Å². The number of hydrogen-bond acceptors (Lipinski definition) is 7. The number of hydrogen-bond donors (Lipinski definition) is 2. The van der Waals surface area contributed by atoms with E-state index in [-0.39, 0.29) is 24.5 Å². The molecule has 0 spiro atoms. The van der Waals surface area contributed by atoms with Gasteiger partial charge in [-0.25, -0.2) is 0 Å². The van der Waals surface area contributed by atoms with Crippen LogP contribution in [0.2, 0.25) is 0 Å². The van der Waals surface area contributed by atoms with Crippen molar-refractivity contribution in [1.82, 2.24) is 0 Å². The lowest BCUT2D eigenvalue weighted by molar-refractivity contribution is -0.383. The highest BCUT2D eigenvalue weighted by atomic mass is 32.1. The molecule has 2 heterocycles. The lowest BCUT2D eigenvalue weighted by Crippen LogP contribution is -2.47. The molecule has 0 bridgehead atoms. The molecule has 0 aromatic carbocycles. The second-order valence-electron chi connectivity index (χ2n) is 4.93. The Bertz CT molecular complexity index is 490. The predicted octanol–water partition coefficient (Wildman–Crippen LogP) is 1.30. The number of nitrogens with zero attached hydrogens (tertiary/aromatic N) is 2. The van der Waals surface area contributed by atoms with Crippen molar-refractivity contribution in [3.63, 3.8) is 0 Å². The first-order valence-electron chi connectivity index (χ1n) is 6.39. The van der Waals surface area contributed by atoms with Crippen molar-refractivity contribution in [2.75, 3.05) is 24.6 Å². The van der Waals surface area contributed by atoms with Crippen molar-refractivity contribution in [3.05, 3.63) is 21.1 Å². The van der Waals surface area contributed by atoms with Crippen LogP contribution in [0.15, 0.2) is 6.07 Å². The summed E-state index contributed by atoms with van der Waals surface area (Å²) in [6.07, 6.45) is -1.20. The fraction of sp³-hybridized carbons (Fsp3) is 0.667. The predicted molar refractivity (Wildman–Crippen MR) is 75.2 cm³/mol. The lowest BCUT2D eigenvalue weighted by Gasteiger charge is -2.36. The summed E-state index contributed by atoms with van der Waals surface area (Å²) in [7, 11) is 0. The highest BCUT2D eigenvalue weighted by Crippen LogP contribution is 2.41. The summed E-state index contributed by atoms with van der Waals surface area (Å²) in [6, 6.07) is 1.42. The van der Waals surface area contributed by atoms with Gasteiger partial charge in [-0.1, -0.05) is 0 Å². The number of morpholine rings is 1. The van der Waals surface area contributed by atoms with Crippen LogP contribution in [0.3, 0.4) is 0 Å². The second-order valence-corrected chi connectivity index (χ2v) is 5.99. The maximum absolute atomic E-state index is 11.2. The van der Waals surface area contributed by atoms with Crippen molar-refractivity contribution >= 4 is 22.0 Å². The van der Waals surface area contributed by atoms with Crippen LogP contribution < -0.4 is 4.90 Å². The van der Waals surface area contributed by atoms with Crippen LogP contribution in [0.5, 0.6) is 0 Å². The Labute approximate surface area is 120 Å². The number of nitro groups is 1. The third kappa shape index (κ3) is 3.09. The third-order valence-corrected chi connectivity index (χ3v) is 4.49. The number of aliphatic hydroxyl groups excluding tert-OH is 2. The van der Waals surface area contributed by atoms with Crippen LogP contribution >= 0.6 is 11.3 Å². The molecule has 1 aliphatic heterocycles. The second kappa shape index (κ2) is 6.04. The molecule has 2 unspecified atom stereocenters. The van der Waals surface area contributed by atoms with E-state index in [2.05, 4.69) is 0 Å². The molecule has 1 aromatic rings. The minimum absolute atomic E-state index is 0.00307. The minimum atomic E-state index is -0.737. The Hall–Kier alpha value is -1.22. The lowest BCUT2D eigenvalue weighted by atomic mass is 10.2. The SMILES string of the molecule is CC1CN(c2sc([C@@H](C)O)cc2[N+](=O)[O-])CC(CO)O1. The van der Waals surface area contributed by atoms with Gasteiger partial charge in [-0.2, -0.15) is 0 Å². The number of thiophene rings is 1. The van der Waals surface area contributed by atoms with Gasteiger partial charge >= 0.3 is 5.69 Å².